The number of carbonyl (C=O) groups is 2. The normalized spacial score (nSPS) is 29.9. The Kier molecular flexibility index (Phi) is 5.79. The third-order valence-electron chi connectivity index (χ3n) is 5.01. The van der Waals surface area contributed by atoms with Gasteiger partial charge in [-0.15, -0.1) is 0 Å². The maximum atomic E-state index is 12.0. The second-order valence-corrected chi connectivity index (χ2v) is 7.40. The zero-order valence-corrected chi connectivity index (χ0v) is 13.6. The highest BCUT2D eigenvalue weighted by Gasteiger charge is 2.42. The molecule has 2 saturated carbocycles. The number of nitrogens with one attached hydrogen (secondary N) is 2. The quantitative estimate of drug-likeness (QED) is 0.674. The van der Waals surface area contributed by atoms with Gasteiger partial charge >= 0.3 is 12.0 Å². The van der Waals surface area contributed by atoms with E-state index >= 15 is 0 Å². The highest BCUT2D eigenvalue weighted by atomic mass is 32.2. The first-order valence-corrected chi connectivity index (χ1v) is 9.19. The summed E-state index contributed by atoms with van der Waals surface area (Å²) in [6, 6.07) is -1.03. The zero-order valence-electron chi connectivity index (χ0n) is 12.8. The van der Waals surface area contributed by atoms with Crippen LogP contribution in [0.3, 0.4) is 0 Å². The van der Waals surface area contributed by atoms with E-state index in [1.54, 1.807) is 11.8 Å². The molecule has 0 aromatic heterocycles. The average molecular weight is 314 g/mol. The van der Waals surface area contributed by atoms with Crippen molar-refractivity contribution in [1.82, 2.24) is 10.6 Å². The van der Waals surface area contributed by atoms with Crippen molar-refractivity contribution in [2.24, 2.45) is 17.8 Å². The van der Waals surface area contributed by atoms with Gasteiger partial charge in [0.2, 0.25) is 0 Å². The van der Waals surface area contributed by atoms with Gasteiger partial charge in [0.05, 0.1) is 0 Å². The number of rotatable bonds is 7. The molecular weight excluding hydrogens is 288 g/mol. The summed E-state index contributed by atoms with van der Waals surface area (Å²) in [6.07, 6.45) is 7.53. The first kappa shape index (κ1) is 16.5. The van der Waals surface area contributed by atoms with Crippen LogP contribution < -0.4 is 10.6 Å². The minimum Gasteiger partial charge on any atom is -0.480 e. The summed E-state index contributed by atoms with van der Waals surface area (Å²) < 4.78 is 0. The van der Waals surface area contributed by atoms with Gasteiger partial charge in [-0.3, -0.25) is 0 Å². The molecule has 3 N–H and O–H groups in total. The maximum Gasteiger partial charge on any atom is 0.326 e. The van der Waals surface area contributed by atoms with E-state index in [-0.39, 0.29) is 12.1 Å². The van der Waals surface area contributed by atoms with Crippen molar-refractivity contribution >= 4 is 23.8 Å². The van der Waals surface area contributed by atoms with Gasteiger partial charge in [-0.05, 0) is 62.4 Å². The summed E-state index contributed by atoms with van der Waals surface area (Å²) in [6.45, 7) is 2.04. The van der Waals surface area contributed by atoms with Crippen LogP contribution in [0.4, 0.5) is 4.79 Å². The summed E-state index contributed by atoms with van der Waals surface area (Å²) in [5.41, 5.74) is 0. The molecule has 0 aromatic carbocycles. The Morgan fingerprint density at radius 3 is 2.57 bits per heavy atom. The highest BCUT2D eigenvalue weighted by Crippen LogP contribution is 2.49. The van der Waals surface area contributed by atoms with Crippen LogP contribution in [0.25, 0.3) is 0 Å². The lowest BCUT2D eigenvalue weighted by Crippen LogP contribution is -2.50. The Bertz CT molecular complexity index is 391. The zero-order chi connectivity index (χ0) is 15.4. The van der Waals surface area contributed by atoms with Crippen LogP contribution in [0.2, 0.25) is 0 Å². The second-order valence-electron chi connectivity index (χ2n) is 6.42. The molecule has 2 aliphatic rings. The number of carboxylic acid groups (broad SMARTS) is 1. The Morgan fingerprint density at radius 2 is 2.05 bits per heavy atom. The van der Waals surface area contributed by atoms with Crippen molar-refractivity contribution in [3.8, 4) is 0 Å². The lowest BCUT2D eigenvalue weighted by molar-refractivity contribution is -0.139. The molecule has 0 radical (unpaired) electrons. The third-order valence-corrected chi connectivity index (χ3v) is 5.65. The van der Waals surface area contributed by atoms with Crippen molar-refractivity contribution in [2.45, 2.75) is 51.1 Å². The van der Waals surface area contributed by atoms with Gasteiger partial charge in [0, 0.05) is 6.04 Å². The Morgan fingerprint density at radius 1 is 1.29 bits per heavy atom. The van der Waals surface area contributed by atoms with Gasteiger partial charge < -0.3 is 15.7 Å². The molecule has 6 heteroatoms. The lowest BCUT2D eigenvalue weighted by Gasteiger charge is -2.29. The summed E-state index contributed by atoms with van der Waals surface area (Å²) in [5.74, 6) is 1.91. The molecule has 0 spiro atoms. The van der Waals surface area contributed by atoms with E-state index in [4.69, 9.17) is 5.11 Å². The molecule has 2 rings (SSSR count). The number of amides is 2. The highest BCUT2D eigenvalue weighted by molar-refractivity contribution is 7.98. The van der Waals surface area contributed by atoms with Crippen molar-refractivity contribution in [3.05, 3.63) is 0 Å². The summed E-state index contributed by atoms with van der Waals surface area (Å²) in [4.78, 5) is 23.1. The lowest BCUT2D eigenvalue weighted by atomic mass is 9.84. The molecule has 0 heterocycles. The van der Waals surface area contributed by atoms with Crippen LogP contribution in [-0.2, 0) is 4.79 Å². The van der Waals surface area contributed by atoms with Crippen LogP contribution in [-0.4, -0.2) is 41.2 Å². The maximum absolute atomic E-state index is 12.0. The molecule has 2 aliphatic carbocycles. The van der Waals surface area contributed by atoms with Gasteiger partial charge in [-0.2, -0.15) is 11.8 Å². The fourth-order valence-corrected chi connectivity index (χ4v) is 4.38. The summed E-state index contributed by atoms with van der Waals surface area (Å²) in [7, 11) is 0. The molecule has 21 heavy (non-hydrogen) atoms. The number of fused-ring (bicyclic) bond motifs is 2. The largest absolute Gasteiger partial charge is 0.480 e. The van der Waals surface area contributed by atoms with Crippen molar-refractivity contribution in [2.75, 3.05) is 12.0 Å². The topological polar surface area (TPSA) is 78.4 Å². The molecule has 5 atom stereocenters. The molecule has 5 nitrogen and oxygen atoms in total. The predicted octanol–water partition coefficient (Wildman–Crippen LogP) is 2.32. The first-order chi connectivity index (χ1) is 10.0. The minimum atomic E-state index is -0.966. The van der Waals surface area contributed by atoms with E-state index in [0.29, 0.717) is 12.3 Å². The van der Waals surface area contributed by atoms with Gasteiger partial charge in [-0.25, -0.2) is 9.59 Å². The van der Waals surface area contributed by atoms with Gasteiger partial charge in [-0.1, -0.05) is 6.42 Å². The number of carbonyl (C=O) groups excluding carboxylic acids is 1. The molecule has 120 valence electrons. The van der Waals surface area contributed by atoms with Crippen molar-refractivity contribution < 1.29 is 14.7 Å². The number of hydrogen-bond donors (Lipinski definition) is 3. The van der Waals surface area contributed by atoms with Crippen LogP contribution in [0, 0.1) is 17.8 Å². The first-order valence-electron chi connectivity index (χ1n) is 7.80. The van der Waals surface area contributed by atoms with E-state index < -0.39 is 12.0 Å². The van der Waals surface area contributed by atoms with E-state index in [2.05, 4.69) is 10.6 Å². The monoisotopic (exact) mass is 314 g/mol. The smallest absolute Gasteiger partial charge is 0.326 e. The molecule has 5 unspecified atom stereocenters. The van der Waals surface area contributed by atoms with E-state index in [9.17, 15) is 9.59 Å². The second kappa shape index (κ2) is 7.38. The molecule has 2 bridgehead atoms. The molecule has 0 aliphatic heterocycles. The molecule has 2 fully saturated rings. The van der Waals surface area contributed by atoms with Crippen LogP contribution in [0.1, 0.15) is 39.0 Å². The van der Waals surface area contributed by atoms with E-state index in [1.807, 2.05) is 13.2 Å². The Balaban J connectivity index is 1.78. The number of hydrogen-bond acceptors (Lipinski definition) is 3. The number of urea groups is 1. The van der Waals surface area contributed by atoms with Gasteiger partial charge in [0.15, 0.2) is 0 Å². The van der Waals surface area contributed by atoms with Crippen molar-refractivity contribution in [3.63, 3.8) is 0 Å². The fraction of sp³-hybridized carbons (Fsp3) is 0.867. The van der Waals surface area contributed by atoms with E-state index in [1.165, 1.54) is 25.7 Å². The van der Waals surface area contributed by atoms with Gasteiger partial charge in [0.1, 0.15) is 6.04 Å². The minimum absolute atomic E-state index is 0.121. The van der Waals surface area contributed by atoms with Crippen molar-refractivity contribution in [1.29, 1.82) is 0 Å². The summed E-state index contributed by atoms with van der Waals surface area (Å²) >= 11 is 1.58. The fourth-order valence-electron chi connectivity index (χ4n) is 3.91. The summed E-state index contributed by atoms with van der Waals surface area (Å²) in [5, 5.41) is 14.7. The predicted molar refractivity (Wildman–Crippen MR) is 84.5 cm³/mol. The van der Waals surface area contributed by atoms with Gasteiger partial charge in [0.25, 0.3) is 0 Å². The van der Waals surface area contributed by atoms with Crippen LogP contribution in [0.15, 0.2) is 0 Å². The van der Waals surface area contributed by atoms with Crippen LogP contribution in [0.5, 0.6) is 0 Å². The van der Waals surface area contributed by atoms with E-state index in [0.717, 1.165) is 17.6 Å². The molecule has 0 aromatic rings. The number of carboxylic acids is 1. The number of aliphatic carboxylic acids is 1. The SMILES string of the molecule is CSCCC(NC(=O)NC(C)C1CC2CCC1C2)C(=O)O. The molecule has 0 saturated heterocycles. The van der Waals surface area contributed by atoms with Crippen LogP contribution >= 0.6 is 11.8 Å². The Hall–Kier alpha value is -0.910. The average Bonchev–Trinajstić information content (AvgIpc) is 3.05. The Labute approximate surface area is 130 Å². The molecular formula is C15H26N2O3S. The number of thioether (sulfide) groups is 1. The molecule has 2 amide bonds. The standard InChI is InChI=1S/C15H26N2O3S/c1-9(12-8-10-3-4-11(12)7-10)16-15(20)17-13(14(18)19)5-6-21-2/h9-13H,3-8H2,1-2H3,(H,18,19)(H2,16,17,20). The third kappa shape index (κ3) is 4.28.